The first-order valence-corrected chi connectivity index (χ1v) is 10.6. The number of pyridine rings is 1. The van der Waals surface area contributed by atoms with E-state index in [0.29, 0.717) is 18.2 Å². The number of ether oxygens (including phenoxy) is 1. The van der Waals surface area contributed by atoms with Gasteiger partial charge in [-0.2, -0.15) is 0 Å². The molecule has 3 N–H and O–H groups in total. The van der Waals surface area contributed by atoms with Crippen LogP contribution in [0.5, 0.6) is 5.75 Å². The number of fused-ring (bicyclic) bond motifs is 1. The Morgan fingerprint density at radius 2 is 2.09 bits per heavy atom. The highest BCUT2D eigenvalue weighted by atomic mass is 16.5. The zero-order valence-corrected chi connectivity index (χ0v) is 18.7. The third-order valence-corrected chi connectivity index (χ3v) is 5.93. The minimum atomic E-state index is -0.366. The molecule has 4 heterocycles. The second-order valence-corrected chi connectivity index (χ2v) is 8.39. The van der Waals surface area contributed by atoms with Gasteiger partial charge in [0.2, 0.25) is 5.95 Å². The number of nitrogens with zero attached hydrogens (tertiary/aromatic N) is 5. The van der Waals surface area contributed by atoms with E-state index in [9.17, 15) is 5.11 Å². The number of aliphatic hydroxyl groups excluding tert-OH is 1. The molecular formula is C24H25N7O2. The number of hydrogen-bond acceptors (Lipinski definition) is 8. The summed E-state index contributed by atoms with van der Waals surface area (Å²) in [4.78, 5) is 17.9. The summed E-state index contributed by atoms with van der Waals surface area (Å²) in [6, 6.07) is 9.71. The van der Waals surface area contributed by atoms with Crippen molar-refractivity contribution in [1.82, 2.24) is 24.5 Å². The maximum atomic E-state index is 9.86. The van der Waals surface area contributed by atoms with Gasteiger partial charge < -0.3 is 25.0 Å². The lowest BCUT2D eigenvalue weighted by atomic mass is 9.85. The number of benzene rings is 1. The lowest BCUT2D eigenvalue weighted by Gasteiger charge is -2.20. The first kappa shape index (κ1) is 20.9. The fourth-order valence-electron chi connectivity index (χ4n) is 3.93. The Morgan fingerprint density at radius 1 is 1.21 bits per heavy atom. The molecule has 9 nitrogen and oxygen atoms in total. The van der Waals surface area contributed by atoms with Gasteiger partial charge in [-0.25, -0.2) is 19.9 Å². The van der Waals surface area contributed by atoms with Crippen molar-refractivity contribution in [2.24, 2.45) is 0 Å². The van der Waals surface area contributed by atoms with Crippen molar-refractivity contribution in [3.05, 3.63) is 66.5 Å². The van der Waals surface area contributed by atoms with Gasteiger partial charge >= 0.3 is 0 Å². The number of methoxy groups -OCH3 is 1. The van der Waals surface area contributed by atoms with Crippen LogP contribution in [0.3, 0.4) is 0 Å². The van der Waals surface area contributed by atoms with Gasteiger partial charge in [-0.3, -0.25) is 0 Å². The van der Waals surface area contributed by atoms with E-state index in [4.69, 9.17) is 4.74 Å². The van der Waals surface area contributed by atoms with Crippen molar-refractivity contribution in [1.29, 1.82) is 0 Å². The first-order chi connectivity index (χ1) is 16.0. The van der Waals surface area contributed by atoms with Gasteiger partial charge in [-0.15, -0.1) is 0 Å². The van der Waals surface area contributed by atoms with Crippen LogP contribution >= 0.6 is 0 Å². The molecule has 4 aromatic rings. The van der Waals surface area contributed by atoms with Crippen LogP contribution in [0.2, 0.25) is 0 Å². The highest BCUT2D eigenvalue weighted by molar-refractivity contribution is 5.69. The Labute approximate surface area is 191 Å². The molecule has 1 aliphatic heterocycles. The van der Waals surface area contributed by atoms with Crippen LogP contribution in [0, 0.1) is 6.92 Å². The van der Waals surface area contributed by atoms with Crippen LogP contribution in [0.25, 0.3) is 16.9 Å². The average Bonchev–Trinajstić information content (AvgIpc) is 3.43. The molecular weight excluding hydrogens is 418 g/mol. The largest absolute Gasteiger partial charge is 0.494 e. The normalized spacial score (nSPS) is 16.8. The van der Waals surface area contributed by atoms with Crippen molar-refractivity contribution in [3.63, 3.8) is 0 Å². The summed E-state index contributed by atoms with van der Waals surface area (Å²) >= 11 is 0. The number of aliphatic hydroxyl groups is 1. The van der Waals surface area contributed by atoms with Crippen molar-refractivity contribution in [3.8, 4) is 22.7 Å². The average molecular weight is 444 g/mol. The molecule has 0 saturated carbocycles. The van der Waals surface area contributed by atoms with Crippen LogP contribution in [-0.4, -0.2) is 49.9 Å². The molecule has 1 unspecified atom stereocenters. The molecule has 1 aliphatic rings. The van der Waals surface area contributed by atoms with E-state index in [0.717, 1.165) is 39.7 Å². The Hall–Kier alpha value is -3.98. The standard InChI is InChI=1S/C24H25N7O2/c1-15-11-31(14-28-15)17-4-5-20(21(9-17)33-3)30-23-25-7-6-19(29-23)16-8-18-22(26-10-16)27-12-24(18,2)13-32/h4-11,14,32H,12-13H2,1-3H3,(H,26,27)(H,25,29,30). The molecule has 33 heavy (non-hydrogen) atoms. The molecule has 0 aliphatic carbocycles. The SMILES string of the molecule is COc1cc(-n2cnc(C)c2)ccc1Nc1nccc(-c2cnc3c(c2)C(C)(CO)CN3)n1. The molecule has 1 atom stereocenters. The van der Waals surface area contributed by atoms with E-state index in [-0.39, 0.29) is 12.0 Å². The van der Waals surface area contributed by atoms with Gasteiger partial charge in [0.15, 0.2) is 0 Å². The van der Waals surface area contributed by atoms with Gasteiger partial charge in [-0.1, -0.05) is 6.92 Å². The second-order valence-electron chi connectivity index (χ2n) is 8.39. The zero-order chi connectivity index (χ0) is 23.0. The van der Waals surface area contributed by atoms with Crippen LogP contribution < -0.4 is 15.4 Å². The zero-order valence-electron chi connectivity index (χ0n) is 18.7. The molecule has 0 bridgehead atoms. The van der Waals surface area contributed by atoms with E-state index < -0.39 is 0 Å². The molecule has 0 spiro atoms. The quantitative estimate of drug-likeness (QED) is 0.416. The Kier molecular flexibility index (Phi) is 5.18. The van der Waals surface area contributed by atoms with Crippen LogP contribution in [0.4, 0.5) is 17.5 Å². The van der Waals surface area contributed by atoms with Crippen LogP contribution in [0.15, 0.2) is 55.2 Å². The van der Waals surface area contributed by atoms with Crippen molar-refractivity contribution in [2.75, 3.05) is 30.9 Å². The number of nitrogens with one attached hydrogen (secondary N) is 2. The fraction of sp³-hybridized carbons (Fsp3) is 0.250. The van der Waals surface area contributed by atoms with Crippen molar-refractivity contribution in [2.45, 2.75) is 19.3 Å². The summed E-state index contributed by atoms with van der Waals surface area (Å²) < 4.78 is 7.53. The van der Waals surface area contributed by atoms with Crippen molar-refractivity contribution >= 4 is 17.5 Å². The summed E-state index contributed by atoms with van der Waals surface area (Å²) in [5, 5.41) is 16.4. The molecule has 0 fully saturated rings. The van der Waals surface area contributed by atoms with Crippen LogP contribution in [0.1, 0.15) is 18.2 Å². The molecule has 9 heteroatoms. The number of hydrogen-bond donors (Lipinski definition) is 3. The monoisotopic (exact) mass is 443 g/mol. The Bertz CT molecular complexity index is 1320. The summed E-state index contributed by atoms with van der Waals surface area (Å²) in [7, 11) is 1.63. The summed E-state index contributed by atoms with van der Waals surface area (Å²) in [6.07, 6.45) is 7.21. The lowest BCUT2D eigenvalue weighted by Crippen LogP contribution is -2.28. The van der Waals surface area contributed by atoms with Gasteiger partial charge in [0.25, 0.3) is 0 Å². The van der Waals surface area contributed by atoms with E-state index >= 15 is 0 Å². The number of aromatic nitrogens is 5. The molecule has 5 rings (SSSR count). The second kappa shape index (κ2) is 8.18. The summed E-state index contributed by atoms with van der Waals surface area (Å²) in [5.74, 6) is 1.91. The predicted molar refractivity (Wildman–Crippen MR) is 126 cm³/mol. The van der Waals surface area contributed by atoms with Gasteiger partial charge in [0, 0.05) is 47.7 Å². The van der Waals surface area contributed by atoms with Gasteiger partial charge in [0.05, 0.1) is 42.8 Å². The van der Waals surface area contributed by atoms with Gasteiger partial charge in [0.1, 0.15) is 11.6 Å². The topological polar surface area (TPSA) is 110 Å². The van der Waals surface area contributed by atoms with E-state index in [1.54, 1.807) is 25.8 Å². The van der Waals surface area contributed by atoms with Crippen LogP contribution in [-0.2, 0) is 5.41 Å². The summed E-state index contributed by atoms with van der Waals surface area (Å²) in [6.45, 7) is 4.67. The smallest absolute Gasteiger partial charge is 0.227 e. The highest BCUT2D eigenvalue weighted by Crippen LogP contribution is 2.37. The van der Waals surface area contributed by atoms with E-state index in [1.165, 1.54) is 0 Å². The number of aryl methyl sites for hydroxylation is 1. The Balaban J connectivity index is 1.43. The molecule has 168 valence electrons. The summed E-state index contributed by atoms with van der Waals surface area (Å²) in [5.41, 5.74) is 4.85. The van der Waals surface area contributed by atoms with Crippen molar-refractivity contribution < 1.29 is 9.84 Å². The van der Waals surface area contributed by atoms with E-state index in [1.807, 2.05) is 54.9 Å². The minimum Gasteiger partial charge on any atom is -0.494 e. The molecule has 0 radical (unpaired) electrons. The first-order valence-electron chi connectivity index (χ1n) is 10.6. The van der Waals surface area contributed by atoms with Gasteiger partial charge in [-0.05, 0) is 31.2 Å². The fourth-order valence-corrected chi connectivity index (χ4v) is 3.93. The third-order valence-electron chi connectivity index (χ3n) is 5.93. The molecule has 0 amide bonds. The molecule has 0 saturated heterocycles. The number of anilines is 3. The third kappa shape index (κ3) is 3.87. The molecule has 1 aromatic carbocycles. The number of imidazole rings is 1. The number of rotatable bonds is 6. The highest BCUT2D eigenvalue weighted by Gasteiger charge is 2.35. The minimum absolute atomic E-state index is 0.0448. The molecule has 3 aromatic heterocycles. The maximum Gasteiger partial charge on any atom is 0.227 e. The maximum absolute atomic E-state index is 9.86. The predicted octanol–water partition coefficient (Wildman–Crippen LogP) is 3.46. The lowest BCUT2D eigenvalue weighted by molar-refractivity contribution is 0.218. The van der Waals surface area contributed by atoms with E-state index in [2.05, 4.69) is 30.6 Å². The Morgan fingerprint density at radius 3 is 2.85 bits per heavy atom.